The molecule has 0 atom stereocenters. The van der Waals surface area contributed by atoms with E-state index in [0.717, 1.165) is 44.5 Å². The highest BCUT2D eigenvalue weighted by Gasteiger charge is 2.66. The number of rotatable bonds is 10. The normalized spacial score (nSPS) is 16.7. The molecule has 1 saturated carbocycles. The lowest BCUT2D eigenvalue weighted by Crippen LogP contribution is -2.38. The molecular formula is C30H30F3N5O5. The first-order valence-corrected chi connectivity index (χ1v) is 13.9. The largest absolute Gasteiger partial charge is 0.493 e. The zero-order valence-corrected chi connectivity index (χ0v) is 23.4. The van der Waals surface area contributed by atoms with Crippen molar-refractivity contribution in [1.82, 2.24) is 20.0 Å². The highest BCUT2D eigenvalue weighted by molar-refractivity contribution is 5.91. The standard InChI is InChI=1S/C30H30F3N5O5/c1-40-24-16-22-21(15-25(24)42-13-10-38-8-11-41-12-9-38)34-18-23(35-22)20-4-2-19(3-5-20)14-28(39)36-27-17-26(43-37-27)29(6-7-29)30(31,32)33/h2-5,15-18H,6-14H2,1H3,(H,36,37,39). The molecule has 4 aromatic rings. The number of fused-ring (bicyclic) bond motifs is 1. The van der Waals surface area contributed by atoms with Crippen LogP contribution >= 0.6 is 0 Å². The van der Waals surface area contributed by atoms with Gasteiger partial charge in [-0.1, -0.05) is 29.4 Å². The van der Waals surface area contributed by atoms with Gasteiger partial charge in [-0.25, -0.2) is 4.98 Å². The smallest absolute Gasteiger partial charge is 0.401 e. The number of morpholine rings is 1. The molecular weight excluding hydrogens is 567 g/mol. The van der Waals surface area contributed by atoms with Crippen LogP contribution in [0.3, 0.4) is 0 Å². The summed E-state index contributed by atoms with van der Waals surface area (Å²) in [5.74, 6) is 0.417. The maximum Gasteiger partial charge on any atom is 0.401 e. The van der Waals surface area contributed by atoms with E-state index < -0.39 is 17.5 Å². The van der Waals surface area contributed by atoms with E-state index >= 15 is 0 Å². The molecule has 6 rings (SSSR count). The number of anilines is 1. The van der Waals surface area contributed by atoms with Crippen molar-refractivity contribution >= 4 is 22.8 Å². The molecule has 3 heterocycles. The number of alkyl halides is 3. The van der Waals surface area contributed by atoms with Crippen LogP contribution in [0, 0.1) is 0 Å². The highest BCUT2D eigenvalue weighted by atomic mass is 19.4. The Morgan fingerprint density at radius 2 is 1.81 bits per heavy atom. The molecule has 1 aliphatic carbocycles. The molecule has 1 amide bonds. The van der Waals surface area contributed by atoms with Crippen molar-refractivity contribution in [3.05, 3.63) is 60.0 Å². The summed E-state index contributed by atoms with van der Waals surface area (Å²) >= 11 is 0. The third-order valence-electron chi connectivity index (χ3n) is 7.75. The molecule has 1 N–H and O–H groups in total. The van der Waals surface area contributed by atoms with Gasteiger partial charge in [0, 0.05) is 43.4 Å². The van der Waals surface area contributed by atoms with E-state index in [-0.39, 0.29) is 30.8 Å². The van der Waals surface area contributed by atoms with Crippen LogP contribution in [0.4, 0.5) is 19.0 Å². The molecule has 0 bridgehead atoms. The summed E-state index contributed by atoms with van der Waals surface area (Å²) in [7, 11) is 1.58. The molecule has 0 spiro atoms. The number of hydrogen-bond acceptors (Lipinski definition) is 9. The van der Waals surface area contributed by atoms with Gasteiger partial charge in [0.25, 0.3) is 0 Å². The van der Waals surface area contributed by atoms with Gasteiger partial charge in [0.15, 0.2) is 23.1 Å². The minimum absolute atomic E-state index is 0.00179. The maximum absolute atomic E-state index is 13.3. The van der Waals surface area contributed by atoms with Crippen molar-refractivity contribution in [3.63, 3.8) is 0 Å². The van der Waals surface area contributed by atoms with Crippen molar-refractivity contribution < 1.29 is 36.7 Å². The topological polar surface area (TPSA) is 112 Å². The van der Waals surface area contributed by atoms with Gasteiger partial charge in [-0.3, -0.25) is 14.7 Å². The Kier molecular flexibility index (Phi) is 7.93. The van der Waals surface area contributed by atoms with Crippen molar-refractivity contribution in [2.75, 3.05) is 51.9 Å². The summed E-state index contributed by atoms with van der Waals surface area (Å²) < 4.78 is 61.8. The fraction of sp³-hybridized carbons (Fsp3) is 0.400. The first-order chi connectivity index (χ1) is 20.7. The summed E-state index contributed by atoms with van der Waals surface area (Å²) in [6.45, 7) is 4.54. The summed E-state index contributed by atoms with van der Waals surface area (Å²) in [5, 5.41) is 6.11. The molecule has 2 aromatic heterocycles. The van der Waals surface area contributed by atoms with E-state index in [2.05, 4.69) is 20.4 Å². The number of carbonyl (C=O) groups is 1. The average Bonchev–Trinajstić information content (AvgIpc) is 3.71. The number of methoxy groups -OCH3 is 1. The Morgan fingerprint density at radius 3 is 2.51 bits per heavy atom. The third-order valence-corrected chi connectivity index (χ3v) is 7.75. The third kappa shape index (κ3) is 6.27. The minimum Gasteiger partial charge on any atom is -0.493 e. The van der Waals surface area contributed by atoms with E-state index in [1.807, 2.05) is 18.2 Å². The summed E-state index contributed by atoms with van der Waals surface area (Å²) in [4.78, 5) is 24.1. The van der Waals surface area contributed by atoms with Crippen LogP contribution in [0.2, 0.25) is 0 Å². The van der Waals surface area contributed by atoms with E-state index in [1.165, 1.54) is 0 Å². The lowest BCUT2D eigenvalue weighted by atomic mass is 10.0. The van der Waals surface area contributed by atoms with Crippen molar-refractivity contribution in [2.45, 2.75) is 30.9 Å². The van der Waals surface area contributed by atoms with Crippen molar-refractivity contribution in [2.24, 2.45) is 0 Å². The van der Waals surface area contributed by atoms with Gasteiger partial charge < -0.3 is 24.1 Å². The minimum atomic E-state index is -4.42. The molecule has 10 nitrogen and oxygen atoms in total. The molecule has 1 saturated heterocycles. The molecule has 226 valence electrons. The van der Waals surface area contributed by atoms with Gasteiger partial charge in [-0.05, 0) is 18.4 Å². The number of nitrogens with zero attached hydrogens (tertiary/aromatic N) is 4. The molecule has 2 aliphatic rings. The molecule has 0 unspecified atom stereocenters. The summed E-state index contributed by atoms with van der Waals surface area (Å²) in [6, 6.07) is 12.0. The van der Waals surface area contributed by atoms with Crippen LogP contribution in [-0.4, -0.2) is 78.7 Å². The van der Waals surface area contributed by atoms with E-state index in [4.69, 9.17) is 23.7 Å². The maximum atomic E-state index is 13.3. The number of aromatic nitrogens is 3. The highest BCUT2D eigenvalue weighted by Crippen LogP contribution is 2.59. The Bertz CT molecular complexity index is 1600. The van der Waals surface area contributed by atoms with Crippen LogP contribution in [-0.2, 0) is 21.4 Å². The first kappa shape index (κ1) is 28.9. The number of carbonyl (C=O) groups excluding carboxylic acids is 1. The second-order valence-electron chi connectivity index (χ2n) is 10.6. The van der Waals surface area contributed by atoms with Crippen LogP contribution in [0.25, 0.3) is 22.3 Å². The van der Waals surface area contributed by atoms with Crippen LogP contribution in [0.15, 0.2) is 53.2 Å². The second-order valence-corrected chi connectivity index (χ2v) is 10.6. The number of nitrogens with one attached hydrogen (secondary N) is 1. The van der Waals surface area contributed by atoms with Crippen molar-refractivity contribution in [3.8, 4) is 22.8 Å². The predicted molar refractivity (Wildman–Crippen MR) is 150 cm³/mol. The Labute approximate surface area is 245 Å². The lowest BCUT2D eigenvalue weighted by Gasteiger charge is -2.26. The van der Waals surface area contributed by atoms with Gasteiger partial charge in [0.2, 0.25) is 5.91 Å². The van der Waals surface area contributed by atoms with Gasteiger partial charge in [-0.15, -0.1) is 0 Å². The van der Waals surface area contributed by atoms with Gasteiger partial charge in [0.1, 0.15) is 12.0 Å². The predicted octanol–water partition coefficient (Wildman–Crippen LogP) is 4.78. The van der Waals surface area contributed by atoms with Crippen LogP contribution < -0.4 is 14.8 Å². The fourth-order valence-corrected chi connectivity index (χ4v) is 5.06. The Hall–Kier alpha value is -4.23. The monoisotopic (exact) mass is 597 g/mol. The number of amides is 1. The zero-order valence-electron chi connectivity index (χ0n) is 23.4. The van der Waals surface area contributed by atoms with Gasteiger partial charge in [-0.2, -0.15) is 13.2 Å². The summed E-state index contributed by atoms with van der Waals surface area (Å²) in [5.41, 5.74) is 1.45. The van der Waals surface area contributed by atoms with E-state index in [1.54, 1.807) is 31.5 Å². The molecule has 2 fully saturated rings. The van der Waals surface area contributed by atoms with Gasteiger partial charge >= 0.3 is 6.18 Å². The fourth-order valence-electron chi connectivity index (χ4n) is 5.06. The second kappa shape index (κ2) is 11.8. The molecule has 1 aliphatic heterocycles. The van der Waals surface area contributed by atoms with E-state index in [9.17, 15) is 18.0 Å². The number of halogens is 3. The first-order valence-electron chi connectivity index (χ1n) is 13.9. The van der Waals surface area contributed by atoms with Crippen molar-refractivity contribution in [1.29, 1.82) is 0 Å². The molecule has 13 heteroatoms. The summed E-state index contributed by atoms with van der Waals surface area (Å²) in [6.07, 6.45) is -2.85. The SMILES string of the molecule is COc1cc2nc(-c3ccc(CC(=O)Nc4cc(C5(C(F)(F)F)CC5)on4)cc3)cnc2cc1OCCN1CCOCC1. The number of hydrogen-bond donors (Lipinski definition) is 1. The van der Waals surface area contributed by atoms with Crippen LogP contribution in [0.5, 0.6) is 11.5 Å². The average molecular weight is 598 g/mol. The van der Waals surface area contributed by atoms with Crippen LogP contribution in [0.1, 0.15) is 24.2 Å². The zero-order chi connectivity index (χ0) is 30.0. The van der Waals surface area contributed by atoms with Gasteiger partial charge in [0.05, 0.1) is 49.7 Å². The quantitative estimate of drug-likeness (QED) is 0.276. The lowest BCUT2D eigenvalue weighted by molar-refractivity contribution is -0.165. The molecule has 43 heavy (non-hydrogen) atoms. The Balaban J connectivity index is 1.08. The van der Waals surface area contributed by atoms with E-state index in [0.29, 0.717) is 40.4 Å². The number of benzene rings is 2. The Morgan fingerprint density at radius 1 is 1.07 bits per heavy atom. The molecule has 0 radical (unpaired) electrons. The number of ether oxygens (including phenoxy) is 3. The molecule has 2 aromatic carbocycles.